The van der Waals surface area contributed by atoms with Crippen LogP contribution in [0.3, 0.4) is 0 Å². The first-order chi connectivity index (χ1) is 11.4. The van der Waals surface area contributed by atoms with E-state index in [-0.39, 0.29) is 23.8 Å². The maximum Gasteiger partial charge on any atom is 0.307 e. The van der Waals surface area contributed by atoms with E-state index in [0.29, 0.717) is 11.4 Å². The molecule has 0 aromatic heterocycles. The average molecular weight is 351 g/mol. The molecule has 1 saturated carbocycles. The fourth-order valence-corrected chi connectivity index (χ4v) is 5.93. The van der Waals surface area contributed by atoms with Crippen LogP contribution >= 0.6 is 0 Å². The lowest BCUT2D eigenvalue weighted by molar-refractivity contribution is -0.141. The van der Waals surface area contributed by atoms with Crippen LogP contribution in [-0.2, 0) is 19.6 Å². The number of nitrogens with zero attached hydrogens (tertiary/aromatic N) is 1. The third-order valence-corrected chi connectivity index (χ3v) is 7.40. The molecule has 1 unspecified atom stereocenters. The molecule has 0 N–H and O–H groups in total. The van der Waals surface area contributed by atoms with Crippen LogP contribution in [0, 0.1) is 12.3 Å². The number of carbonyl (C=O) groups is 1. The van der Waals surface area contributed by atoms with Gasteiger partial charge in [-0.3, -0.25) is 4.79 Å². The number of hydrogen-bond acceptors (Lipinski definition) is 4. The van der Waals surface area contributed by atoms with E-state index in [1.165, 1.54) is 7.11 Å². The highest BCUT2D eigenvalue weighted by Gasteiger charge is 2.50. The Bertz CT molecular complexity index is 705. The Morgan fingerprint density at radius 1 is 1.25 bits per heavy atom. The highest BCUT2D eigenvalue weighted by atomic mass is 32.2. The first-order valence-electron chi connectivity index (χ1n) is 8.52. The van der Waals surface area contributed by atoms with Gasteiger partial charge in [-0.2, -0.15) is 4.31 Å². The summed E-state index contributed by atoms with van der Waals surface area (Å²) >= 11 is 0. The predicted molar refractivity (Wildman–Crippen MR) is 91.0 cm³/mol. The molecule has 2 aliphatic rings. The number of esters is 1. The number of ether oxygens (including phenoxy) is 1. The molecule has 0 bridgehead atoms. The van der Waals surface area contributed by atoms with Crippen LogP contribution in [0.15, 0.2) is 29.2 Å². The van der Waals surface area contributed by atoms with E-state index in [0.717, 1.165) is 37.7 Å². The minimum absolute atomic E-state index is 0.0381. The molecule has 5 nitrogen and oxygen atoms in total. The van der Waals surface area contributed by atoms with Gasteiger partial charge < -0.3 is 4.74 Å². The van der Waals surface area contributed by atoms with Gasteiger partial charge in [0.25, 0.3) is 0 Å². The number of hydrogen-bond donors (Lipinski definition) is 0. The van der Waals surface area contributed by atoms with Gasteiger partial charge in [0.05, 0.1) is 18.4 Å². The van der Waals surface area contributed by atoms with Crippen molar-refractivity contribution in [2.75, 3.05) is 13.7 Å². The molecule has 2 fully saturated rings. The first-order valence-corrected chi connectivity index (χ1v) is 9.96. The zero-order chi connectivity index (χ0) is 17.4. The smallest absolute Gasteiger partial charge is 0.307 e. The first kappa shape index (κ1) is 17.4. The van der Waals surface area contributed by atoms with E-state index in [1.807, 2.05) is 19.1 Å². The standard InChI is InChI=1S/C18H25NO4S/c1-14-5-7-16(8-6-14)24(21,22)19-13-18(9-3-4-10-18)12-15(19)11-17(20)23-2/h5-8,15H,3-4,9-13H2,1-2H3. The molecule has 0 radical (unpaired) electrons. The van der Waals surface area contributed by atoms with Gasteiger partial charge >= 0.3 is 5.97 Å². The Hall–Kier alpha value is -1.40. The lowest BCUT2D eigenvalue weighted by Crippen LogP contribution is -2.37. The highest BCUT2D eigenvalue weighted by Crippen LogP contribution is 2.49. The molecular weight excluding hydrogens is 326 g/mol. The molecular formula is C18H25NO4S. The van der Waals surface area contributed by atoms with Gasteiger partial charge in [-0.1, -0.05) is 30.5 Å². The van der Waals surface area contributed by atoms with Crippen molar-refractivity contribution in [1.82, 2.24) is 4.31 Å². The van der Waals surface area contributed by atoms with E-state index >= 15 is 0 Å². The second-order valence-electron chi connectivity index (χ2n) is 7.21. The number of sulfonamides is 1. The summed E-state index contributed by atoms with van der Waals surface area (Å²) in [6.07, 6.45) is 5.26. The number of aryl methyl sites for hydroxylation is 1. The van der Waals surface area contributed by atoms with E-state index in [1.54, 1.807) is 16.4 Å². The van der Waals surface area contributed by atoms with Crippen LogP contribution in [0.5, 0.6) is 0 Å². The van der Waals surface area contributed by atoms with E-state index in [9.17, 15) is 13.2 Å². The van der Waals surface area contributed by atoms with Crippen LogP contribution in [0.25, 0.3) is 0 Å². The van der Waals surface area contributed by atoms with Crippen molar-refractivity contribution in [3.63, 3.8) is 0 Å². The maximum atomic E-state index is 13.1. The molecule has 3 rings (SSSR count). The minimum atomic E-state index is -3.60. The van der Waals surface area contributed by atoms with Gasteiger partial charge in [-0.15, -0.1) is 0 Å². The number of methoxy groups -OCH3 is 1. The van der Waals surface area contributed by atoms with Crippen LogP contribution in [0.1, 0.15) is 44.1 Å². The third kappa shape index (κ3) is 3.22. The summed E-state index contributed by atoms with van der Waals surface area (Å²) in [5.41, 5.74) is 1.06. The highest BCUT2D eigenvalue weighted by molar-refractivity contribution is 7.89. The molecule has 24 heavy (non-hydrogen) atoms. The van der Waals surface area contributed by atoms with Crippen molar-refractivity contribution in [3.05, 3.63) is 29.8 Å². The molecule has 132 valence electrons. The summed E-state index contributed by atoms with van der Waals surface area (Å²) in [7, 11) is -2.25. The van der Waals surface area contributed by atoms with Crippen molar-refractivity contribution < 1.29 is 17.9 Å². The maximum absolute atomic E-state index is 13.1. The molecule has 6 heteroatoms. The summed E-state index contributed by atoms with van der Waals surface area (Å²) in [5.74, 6) is -0.348. The number of benzene rings is 1. The fourth-order valence-electron chi connectivity index (χ4n) is 4.19. The van der Waals surface area contributed by atoms with E-state index in [4.69, 9.17) is 4.74 Å². The van der Waals surface area contributed by atoms with Crippen molar-refractivity contribution in [2.24, 2.45) is 5.41 Å². The molecule has 1 saturated heterocycles. The van der Waals surface area contributed by atoms with E-state index < -0.39 is 10.0 Å². The number of carbonyl (C=O) groups excluding carboxylic acids is 1. The summed E-state index contributed by atoms with van der Waals surface area (Å²) in [5, 5.41) is 0. The normalized spacial score (nSPS) is 23.7. The predicted octanol–water partition coefficient (Wildman–Crippen LogP) is 2.88. The Morgan fingerprint density at radius 3 is 2.46 bits per heavy atom. The molecule has 1 aromatic carbocycles. The van der Waals surface area contributed by atoms with Crippen molar-refractivity contribution in [1.29, 1.82) is 0 Å². The fraction of sp³-hybridized carbons (Fsp3) is 0.611. The van der Waals surface area contributed by atoms with Crippen LogP contribution in [-0.4, -0.2) is 38.4 Å². The van der Waals surface area contributed by atoms with Crippen molar-refractivity contribution in [2.45, 2.75) is 56.4 Å². The summed E-state index contributed by atoms with van der Waals surface area (Å²) in [6, 6.07) is 6.62. The monoisotopic (exact) mass is 351 g/mol. The van der Waals surface area contributed by atoms with Crippen LogP contribution < -0.4 is 0 Å². The molecule has 1 aliphatic carbocycles. The molecule has 1 atom stereocenters. The topological polar surface area (TPSA) is 63.7 Å². The summed E-state index contributed by atoms with van der Waals surface area (Å²) in [4.78, 5) is 12.1. The minimum Gasteiger partial charge on any atom is -0.469 e. The Kier molecular flexibility index (Phi) is 4.71. The largest absolute Gasteiger partial charge is 0.469 e. The Balaban J connectivity index is 1.92. The lowest BCUT2D eigenvalue weighted by Gasteiger charge is -2.24. The lowest BCUT2D eigenvalue weighted by atomic mass is 9.83. The molecule has 1 heterocycles. The van der Waals surface area contributed by atoms with Gasteiger partial charge in [0.15, 0.2) is 0 Å². The van der Waals surface area contributed by atoms with E-state index in [2.05, 4.69) is 0 Å². The van der Waals surface area contributed by atoms with Gasteiger partial charge in [-0.25, -0.2) is 8.42 Å². The van der Waals surface area contributed by atoms with Gasteiger partial charge in [0, 0.05) is 12.6 Å². The summed E-state index contributed by atoms with van der Waals surface area (Å²) in [6.45, 7) is 2.45. The second kappa shape index (κ2) is 6.48. The zero-order valence-electron chi connectivity index (χ0n) is 14.3. The van der Waals surface area contributed by atoms with Crippen molar-refractivity contribution in [3.8, 4) is 0 Å². The van der Waals surface area contributed by atoms with Gasteiger partial charge in [0.1, 0.15) is 0 Å². The summed E-state index contributed by atoms with van der Waals surface area (Å²) < 4.78 is 32.6. The SMILES string of the molecule is COC(=O)CC1CC2(CCCC2)CN1S(=O)(=O)c1ccc(C)cc1. The Labute approximate surface area is 144 Å². The number of rotatable bonds is 4. The third-order valence-electron chi connectivity index (χ3n) is 5.49. The van der Waals surface area contributed by atoms with Crippen LogP contribution in [0.2, 0.25) is 0 Å². The molecule has 1 aliphatic heterocycles. The quantitative estimate of drug-likeness (QED) is 0.783. The molecule has 1 spiro atoms. The van der Waals surface area contributed by atoms with Crippen molar-refractivity contribution >= 4 is 16.0 Å². The zero-order valence-corrected chi connectivity index (χ0v) is 15.1. The van der Waals surface area contributed by atoms with Gasteiger partial charge in [0.2, 0.25) is 10.0 Å². The molecule has 1 aromatic rings. The average Bonchev–Trinajstić information content (AvgIpc) is 3.15. The second-order valence-corrected chi connectivity index (χ2v) is 9.10. The molecule has 0 amide bonds. The van der Waals surface area contributed by atoms with Gasteiger partial charge in [-0.05, 0) is 43.7 Å². The Morgan fingerprint density at radius 2 is 1.88 bits per heavy atom. The van der Waals surface area contributed by atoms with Crippen LogP contribution in [0.4, 0.5) is 0 Å².